The van der Waals surface area contributed by atoms with E-state index in [1.165, 1.54) is 0 Å². The van der Waals surface area contributed by atoms with Gasteiger partial charge in [-0.1, -0.05) is 48.5 Å². The van der Waals surface area contributed by atoms with Crippen LogP contribution in [0.1, 0.15) is 66.8 Å². The van der Waals surface area contributed by atoms with Crippen LogP contribution in [-0.4, -0.2) is 20.4 Å². The summed E-state index contributed by atoms with van der Waals surface area (Å²) in [5, 5.41) is 42.7. The summed E-state index contributed by atoms with van der Waals surface area (Å²) in [4.78, 5) is 0. The zero-order valence-electron chi connectivity index (χ0n) is 22.9. The van der Waals surface area contributed by atoms with E-state index in [9.17, 15) is 20.4 Å². The molecule has 0 aliphatic rings. The SMILES string of the molecule is Cc1cc(C(c2cc(C)c(O)c(C)c2)(c2cc(C)c(O)c(C)c2)c2cc(C)c(O)c(C)c2)cc(C)c1O. The summed E-state index contributed by atoms with van der Waals surface area (Å²) in [6.07, 6.45) is 0. The van der Waals surface area contributed by atoms with E-state index in [0.717, 1.165) is 66.8 Å². The summed E-state index contributed by atoms with van der Waals surface area (Å²) in [6.45, 7) is 15.1. The van der Waals surface area contributed by atoms with Crippen LogP contribution in [-0.2, 0) is 5.41 Å². The predicted molar refractivity (Wildman–Crippen MR) is 149 cm³/mol. The van der Waals surface area contributed by atoms with Gasteiger partial charge in [0.1, 0.15) is 23.0 Å². The lowest BCUT2D eigenvalue weighted by atomic mass is 9.63. The van der Waals surface area contributed by atoms with Gasteiger partial charge >= 0.3 is 0 Å². The van der Waals surface area contributed by atoms with Gasteiger partial charge in [0.25, 0.3) is 0 Å². The second-order valence-corrected chi connectivity index (χ2v) is 10.6. The van der Waals surface area contributed by atoms with Gasteiger partial charge in [-0.05, 0) is 122 Å². The third-order valence-electron chi connectivity index (χ3n) is 7.70. The predicted octanol–water partition coefficient (Wildman–Crippen LogP) is 7.36. The van der Waals surface area contributed by atoms with Gasteiger partial charge in [-0.15, -0.1) is 0 Å². The number of rotatable bonds is 4. The van der Waals surface area contributed by atoms with Crippen LogP contribution in [0.15, 0.2) is 48.5 Å². The van der Waals surface area contributed by atoms with Crippen molar-refractivity contribution in [2.45, 2.75) is 60.8 Å². The van der Waals surface area contributed by atoms with Crippen molar-refractivity contribution in [3.05, 3.63) is 115 Å². The van der Waals surface area contributed by atoms with Crippen molar-refractivity contribution in [3.8, 4) is 23.0 Å². The maximum absolute atomic E-state index is 10.7. The van der Waals surface area contributed by atoms with E-state index in [1.54, 1.807) is 0 Å². The zero-order valence-corrected chi connectivity index (χ0v) is 22.9. The van der Waals surface area contributed by atoms with Crippen LogP contribution in [0.25, 0.3) is 0 Å². The van der Waals surface area contributed by atoms with Crippen molar-refractivity contribution >= 4 is 0 Å². The second kappa shape index (κ2) is 9.19. The van der Waals surface area contributed by atoms with Crippen LogP contribution >= 0.6 is 0 Å². The van der Waals surface area contributed by atoms with E-state index in [4.69, 9.17) is 0 Å². The molecule has 4 heteroatoms. The van der Waals surface area contributed by atoms with E-state index >= 15 is 0 Å². The van der Waals surface area contributed by atoms with Gasteiger partial charge in [0.15, 0.2) is 0 Å². The Morgan fingerprint density at radius 2 is 0.459 bits per heavy atom. The van der Waals surface area contributed by atoms with Crippen molar-refractivity contribution in [1.29, 1.82) is 0 Å². The lowest BCUT2D eigenvalue weighted by Crippen LogP contribution is -2.32. The number of benzene rings is 4. The molecule has 0 saturated heterocycles. The molecule has 4 N–H and O–H groups in total. The van der Waals surface area contributed by atoms with Gasteiger partial charge in [-0.2, -0.15) is 0 Å². The van der Waals surface area contributed by atoms with Crippen LogP contribution in [0, 0.1) is 55.4 Å². The number of phenols is 4. The molecular formula is C33H36O4. The van der Waals surface area contributed by atoms with Gasteiger partial charge in [-0.25, -0.2) is 0 Å². The molecule has 0 unspecified atom stereocenters. The molecule has 0 fully saturated rings. The van der Waals surface area contributed by atoms with E-state index in [-0.39, 0.29) is 23.0 Å². The summed E-state index contributed by atoms with van der Waals surface area (Å²) >= 11 is 0. The summed E-state index contributed by atoms with van der Waals surface area (Å²) in [7, 11) is 0. The minimum absolute atomic E-state index is 0.256. The van der Waals surface area contributed by atoms with Crippen molar-refractivity contribution in [2.75, 3.05) is 0 Å². The van der Waals surface area contributed by atoms with Crippen molar-refractivity contribution < 1.29 is 20.4 Å². The molecule has 192 valence electrons. The summed E-state index contributed by atoms with van der Waals surface area (Å²) < 4.78 is 0. The highest BCUT2D eigenvalue weighted by molar-refractivity contribution is 5.66. The van der Waals surface area contributed by atoms with Crippen molar-refractivity contribution in [3.63, 3.8) is 0 Å². The fraction of sp³-hybridized carbons (Fsp3) is 0.273. The summed E-state index contributed by atoms with van der Waals surface area (Å²) in [6, 6.07) is 16.1. The maximum atomic E-state index is 10.7. The monoisotopic (exact) mass is 496 g/mol. The number of aryl methyl sites for hydroxylation is 8. The Balaban J connectivity index is 2.33. The first-order chi connectivity index (χ1) is 17.3. The molecule has 0 spiro atoms. The highest BCUT2D eigenvalue weighted by Crippen LogP contribution is 2.50. The average Bonchev–Trinajstić information content (AvgIpc) is 2.83. The molecule has 4 nitrogen and oxygen atoms in total. The van der Waals surface area contributed by atoms with Crippen LogP contribution in [0.4, 0.5) is 0 Å². The molecular weight excluding hydrogens is 460 g/mol. The normalized spacial score (nSPS) is 11.7. The largest absolute Gasteiger partial charge is 0.507 e. The molecule has 0 atom stereocenters. The van der Waals surface area contributed by atoms with Crippen LogP contribution < -0.4 is 0 Å². The smallest absolute Gasteiger partial charge is 0.121 e. The van der Waals surface area contributed by atoms with Crippen molar-refractivity contribution in [2.24, 2.45) is 0 Å². The highest BCUT2D eigenvalue weighted by Gasteiger charge is 2.41. The Kier molecular flexibility index (Phi) is 6.49. The highest BCUT2D eigenvalue weighted by atomic mass is 16.3. The first-order valence-electron chi connectivity index (χ1n) is 12.5. The molecule has 0 aliphatic heterocycles. The molecule has 37 heavy (non-hydrogen) atoms. The third kappa shape index (κ3) is 4.11. The standard InChI is InChI=1S/C33H36O4/c1-17-9-25(10-18(2)29(17)34)33(26-11-19(3)30(35)20(4)12-26,27-13-21(5)31(36)22(6)14-27)28-15-23(7)32(37)24(8)16-28/h9-16,34-37H,1-8H3. The molecule has 0 aromatic heterocycles. The van der Waals surface area contributed by atoms with Gasteiger partial charge in [0, 0.05) is 0 Å². The molecule has 0 heterocycles. The Labute approximate surface area is 219 Å². The van der Waals surface area contributed by atoms with E-state index in [0.29, 0.717) is 0 Å². The van der Waals surface area contributed by atoms with E-state index in [2.05, 4.69) is 0 Å². The molecule has 0 radical (unpaired) electrons. The lowest BCUT2D eigenvalue weighted by molar-refractivity contribution is 0.465. The minimum Gasteiger partial charge on any atom is -0.507 e. The average molecular weight is 497 g/mol. The fourth-order valence-electron chi connectivity index (χ4n) is 5.69. The first kappa shape index (κ1) is 26.2. The number of aromatic hydroxyl groups is 4. The molecule has 4 aromatic carbocycles. The van der Waals surface area contributed by atoms with Crippen LogP contribution in [0.2, 0.25) is 0 Å². The fourth-order valence-corrected chi connectivity index (χ4v) is 5.69. The lowest BCUT2D eigenvalue weighted by Gasteiger charge is -2.39. The van der Waals surface area contributed by atoms with Gasteiger partial charge in [-0.3, -0.25) is 0 Å². The van der Waals surface area contributed by atoms with Gasteiger partial charge < -0.3 is 20.4 Å². The number of phenolic OH excluding ortho intramolecular Hbond substituents is 4. The van der Waals surface area contributed by atoms with Crippen LogP contribution in [0.3, 0.4) is 0 Å². The Hall–Kier alpha value is -3.92. The molecule has 0 aliphatic carbocycles. The van der Waals surface area contributed by atoms with Crippen LogP contribution in [0.5, 0.6) is 23.0 Å². The number of hydrogen-bond donors (Lipinski definition) is 4. The maximum Gasteiger partial charge on any atom is 0.121 e. The Morgan fingerprint density at radius 3 is 0.595 bits per heavy atom. The van der Waals surface area contributed by atoms with Gasteiger partial charge in [0.05, 0.1) is 5.41 Å². The molecule has 4 rings (SSSR count). The third-order valence-corrected chi connectivity index (χ3v) is 7.70. The quantitative estimate of drug-likeness (QED) is 0.223. The summed E-state index contributed by atoms with van der Waals surface area (Å²) in [5.41, 5.74) is 8.94. The first-order valence-corrected chi connectivity index (χ1v) is 12.5. The molecule has 0 amide bonds. The Morgan fingerprint density at radius 1 is 0.324 bits per heavy atom. The van der Waals surface area contributed by atoms with Gasteiger partial charge in [0.2, 0.25) is 0 Å². The Bertz CT molecular complexity index is 1220. The number of hydrogen-bond acceptors (Lipinski definition) is 4. The van der Waals surface area contributed by atoms with Crippen molar-refractivity contribution in [1.82, 2.24) is 0 Å². The van der Waals surface area contributed by atoms with E-state index in [1.807, 2.05) is 104 Å². The van der Waals surface area contributed by atoms with E-state index < -0.39 is 5.41 Å². The summed E-state index contributed by atoms with van der Waals surface area (Å²) in [5.74, 6) is 1.03. The topological polar surface area (TPSA) is 80.9 Å². The minimum atomic E-state index is -0.876. The molecule has 0 saturated carbocycles. The molecule has 0 bridgehead atoms. The second-order valence-electron chi connectivity index (χ2n) is 10.6. The molecule has 4 aromatic rings. The zero-order chi connectivity index (χ0) is 27.4.